The third-order valence-corrected chi connectivity index (χ3v) is 3.32. The number of hydrogen-bond donors (Lipinski definition) is 2. The van der Waals surface area contributed by atoms with Crippen LogP contribution in [0.15, 0.2) is 10.6 Å². The van der Waals surface area contributed by atoms with Crippen LogP contribution in [0, 0.1) is 6.92 Å². The average Bonchev–Trinajstić information content (AvgIpc) is 2.83. The maximum Gasteiger partial charge on any atom is 0.273 e. The lowest BCUT2D eigenvalue weighted by atomic mass is 9.94. The highest BCUT2D eigenvalue weighted by Gasteiger charge is 2.18. The zero-order chi connectivity index (χ0) is 13.7. The number of ether oxygens (including phenoxy) is 1. The Morgan fingerprint density at radius 3 is 2.89 bits per heavy atom. The second-order valence-corrected chi connectivity index (χ2v) is 4.99. The van der Waals surface area contributed by atoms with E-state index in [1.54, 1.807) is 13.0 Å². The van der Waals surface area contributed by atoms with Crippen molar-refractivity contribution in [2.75, 3.05) is 13.2 Å². The van der Waals surface area contributed by atoms with Crippen molar-refractivity contribution in [3.05, 3.63) is 17.5 Å². The highest BCUT2D eigenvalue weighted by molar-refractivity contribution is 5.92. The van der Waals surface area contributed by atoms with E-state index in [2.05, 4.69) is 10.5 Å². The summed E-state index contributed by atoms with van der Waals surface area (Å²) in [6.07, 6.45) is 4.35. The van der Waals surface area contributed by atoms with Gasteiger partial charge < -0.3 is 20.3 Å². The van der Waals surface area contributed by atoms with Gasteiger partial charge in [0.2, 0.25) is 0 Å². The number of nitrogens with two attached hydrogens (primary N) is 1. The standard InChI is InChI=1S/C13H21N3O3/c1-9-8-12(16-19-9)13(17)15-6-7-18-11-4-2-10(14)3-5-11/h8,10-11H,2-7,14H2,1H3,(H,15,17). The summed E-state index contributed by atoms with van der Waals surface area (Å²) in [6, 6.07) is 1.94. The van der Waals surface area contributed by atoms with Crippen molar-refractivity contribution >= 4 is 5.91 Å². The van der Waals surface area contributed by atoms with E-state index in [-0.39, 0.29) is 12.0 Å². The molecular weight excluding hydrogens is 246 g/mol. The predicted octanol–water partition coefficient (Wildman–Crippen LogP) is 0.999. The molecule has 0 bridgehead atoms. The van der Waals surface area contributed by atoms with Crippen molar-refractivity contribution in [3.63, 3.8) is 0 Å². The molecule has 1 aromatic heterocycles. The molecule has 1 aromatic rings. The molecule has 0 spiro atoms. The van der Waals surface area contributed by atoms with E-state index in [1.807, 2.05) is 0 Å². The third-order valence-electron chi connectivity index (χ3n) is 3.32. The molecule has 0 atom stereocenters. The van der Waals surface area contributed by atoms with Crippen LogP contribution in [-0.2, 0) is 4.74 Å². The number of amides is 1. The van der Waals surface area contributed by atoms with E-state index in [0.29, 0.717) is 30.6 Å². The van der Waals surface area contributed by atoms with Crippen LogP contribution < -0.4 is 11.1 Å². The van der Waals surface area contributed by atoms with Gasteiger partial charge in [0.1, 0.15) is 5.76 Å². The molecule has 1 heterocycles. The molecule has 1 saturated carbocycles. The molecule has 6 heteroatoms. The number of nitrogens with one attached hydrogen (secondary N) is 1. The second-order valence-electron chi connectivity index (χ2n) is 4.99. The van der Waals surface area contributed by atoms with Crippen LogP contribution in [0.5, 0.6) is 0 Å². The molecule has 0 saturated heterocycles. The molecule has 1 aliphatic rings. The lowest BCUT2D eigenvalue weighted by Crippen LogP contribution is -2.33. The summed E-state index contributed by atoms with van der Waals surface area (Å²) in [7, 11) is 0. The largest absolute Gasteiger partial charge is 0.376 e. The third kappa shape index (κ3) is 4.33. The lowest BCUT2D eigenvalue weighted by molar-refractivity contribution is 0.0267. The molecule has 1 aliphatic carbocycles. The molecule has 19 heavy (non-hydrogen) atoms. The van der Waals surface area contributed by atoms with Crippen LogP contribution >= 0.6 is 0 Å². The number of nitrogens with zero attached hydrogens (tertiary/aromatic N) is 1. The summed E-state index contributed by atoms with van der Waals surface area (Å²) in [5, 5.41) is 6.40. The molecule has 0 aliphatic heterocycles. The zero-order valence-electron chi connectivity index (χ0n) is 11.2. The normalized spacial score (nSPS) is 23.3. The number of hydrogen-bond acceptors (Lipinski definition) is 5. The summed E-state index contributed by atoms with van der Waals surface area (Å²) < 4.78 is 10.6. The summed E-state index contributed by atoms with van der Waals surface area (Å²) in [4.78, 5) is 11.6. The minimum Gasteiger partial charge on any atom is -0.376 e. The lowest BCUT2D eigenvalue weighted by Gasteiger charge is -2.26. The molecule has 6 nitrogen and oxygen atoms in total. The van der Waals surface area contributed by atoms with E-state index < -0.39 is 0 Å². The van der Waals surface area contributed by atoms with E-state index in [4.69, 9.17) is 15.0 Å². The summed E-state index contributed by atoms with van der Waals surface area (Å²) in [5.74, 6) is 0.395. The Hall–Kier alpha value is -1.40. The Morgan fingerprint density at radius 1 is 1.53 bits per heavy atom. The highest BCUT2D eigenvalue weighted by atomic mass is 16.5. The minimum atomic E-state index is -0.230. The van der Waals surface area contributed by atoms with Gasteiger partial charge in [-0.2, -0.15) is 0 Å². The fourth-order valence-electron chi connectivity index (χ4n) is 2.21. The van der Waals surface area contributed by atoms with Crippen LogP contribution in [0.4, 0.5) is 0 Å². The minimum absolute atomic E-state index is 0.230. The van der Waals surface area contributed by atoms with Gasteiger partial charge in [-0.1, -0.05) is 5.16 Å². The Labute approximate surface area is 112 Å². The van der Waals surface area contributed by atoms with Gasteiger partial charge in [0.05, 0.1) is 12.7 Å². The van der Waals surface area contributed by atoms with Crippen LogP contribution in [0.3, 0.4) is 0 Å². The molecule has 0 unspecified atom stereocenters. The smallest absolute Gasteiger partial charge is 0.273 e. The first-order valence-electron chi connectivity index (χ1n) is 6.74. The first kappa shape index (κ1) is 14.0. The number of rotatable bonds is 5. The summed E-state index contributed by atoms with van der Waals surface area (Å²) >= 11 is 0. The fourth-order valence-corrected chi connectivity index (χ4v) is 2.21. The van der Waals surface area contributed by atoms with Crippen molar-refractivity contribution in [1.29, 1.82) is 0 Å². The molecule has 106 valence electrons. The number of carbonyl (C=O) groups is 1. The summed E-state index contributed by atoms with van der Waals surface area (Å²) in [6.45, 7) is 2.75. The number of aromatic nitrogens is 1. The van der Waals surface area contributed by atoms with Gasteiger partial charge in [0, 0.05) is 18.7 Å². The maximum atomic E-state index is 11.6. The quantitative estimate of drug-likeness (QED) is 0.777. The van der Waals surface area contributed by atoms with Crippen LogP contribution in [0.2, 0.25) is 0 Å². The SMILES string of the molecule is Cc1cc(C(=O)NCCOC2CCC(N)CC2)no1. The Morgan fingerprint density at radius 2 is 2.26 bits per heavy atom. The molecule has 0 aromatic carbocycles. The van der Waals surface area contributed by atoms with Gasteiger partial charge in [-0.05, 0) is 32.6 Å². The number of carbonyl (C=O) groups excluding carboxylic acids is 1. The van der Waals surface area contributed by atoms with Crippen LogP contribution in [-0.4, -0.2) is 36.4 Å². The molecule has 3 N–H and O–H groups in total. The van der Waals surface area contributed by atoms with Gasteiger partial charge in [-0.3, -0.25) is 4.79 Å². The monoisotopic (exact) mass is 267 g/mol. The van der Waals surface area contributed by atoms with Crippen LogP contribution in [0.25, 0.3) is 0 Å². The Balaban J connectivity index is 1.60. The van der Waals surface area contributed by atoms with Crippen molar-refractivity contribution in [3.8, 4) is 0 Å². The van der Waals surface area contributed by atoms with Crippen molar-refractivity contribution in [1.82, 2.24) is 10.5 Å². The van der Waals surface area contributed by atoms with Crippen LogP contribution in [0.1, 0.15) is 41.9 Å². The average molecular weight is 267 g/mol. The van der Waals surface area contributed by atoms with E-state index in [0.717, 1.165) is 25.7 Å². The summed E-state index contributed by atoms with van der Waals surface area (Å²) in [5.41, 5.74) is 6.14. The first-order valence-corrected chi connectivity index (χ1v) is 6.74. The highest BCUT2D eigenvalue weighted by Crippen LogP contribution is 2.19. The van der Waals surface area contributed by atoms with Gasteiger partial charge in [-0.25, -0.2) is 0 Å². The van der Waals surface area contributed by atoms with Crippen molar-refractivity contribution in [2.24, 2.45) is 5.73 Å². The molecule has 1 fully saturated rings. The Kier molecular flexibility index (Phi) is 4.93. The zero-order valence-corrected chi connectivity index (χ0v) is 11.2. The number of aryl methyl sites for hydroxylation is 1. The Bertz CT molecular complexity index is 411. The van der Waals surface area contributed by atoms with E-state index >= 15 is 0 Å². The van der Waals surface area contributed by atoms with Crippen molar-refractivity contribution < 1.29 is 14.1 Å². The van der Waals surface area contributed by atoms with E-state index in [9.17, 15) is 4.79 Å². The van der Waals surface area contributed by atoms with Gasteiger partial charge >= 0.3 is 0 Å². The predicted molar refractivity (Wildman–Crippen MR) is 69.8 cm³/mol. The molecular formula is C13H21N3O3. The topological polar surface area (TPSA) is 90.4 Å². The molecule has 2 rings (SSSR count). The van der Waals surface area contributed by atoms with E-state index in [1.165, 1.54) is 0 Å². The molecule has 1 amide bonds. The van der Waals surface area contributed by atoms with Gasteiger partial charge in [0.15, 0.2) is 5.69 Å². The first-order chi connectivity index (χ1) is 9.15. The maximum absolute atomic E-state index is 11.6. The fraction of sp³-hybridized carbons (Fsp3) is 0.692. The van der Waals surface area contributed by atoms with Crippen molar-refractivity contribution in [2.45, 2.75) is 44.8 Å². The molecule has 0 radical (unpaired) electrons. The van der Waals surface area contributed by atoms with Gasteiger partial charge in [-0.15, -0.1) is 0 Å². The van der Waals surface area contributed by atoms with Gasteiger partial charge in [0.25, 0.3) is 5.91 Å². The second kappa shape index (κ2) is 6.68.